The molecule has 7 nitrogen and oxygen atoms in total. The molecule has 182 valence electrons. The average Bonchev–Trinajstić information content (AvgIpc) is 3.08. The van der Waals surface area contributed by atoms with Crippen LogP contribution in [0.25, 0.3) is 5.76 Å². The molecule has 34 heavy (non-hydrogen) atoms. The number of ether oxygens (including phenoxy) is 3. The van der Waals surface area contributed by atoms with Gasteiger partial charge in [0.05, 0.1) is 31.4 Å². The number of aliphatic hydroxyl groups is 1. The lowest BCUT2D eigenvalue weighted by Gasteiger charge is -2.26. The number of hydrogen-bond donors (Lipinski definition) is 1. The Morgan fingerprint density at radius 2 is 1.74 bits per heavy atom. The molecular weight excluding hydrogens is 434 g/mol. The average molecular weight is 468 g/mol. The number of likely N-dealkylation sites (tertiary alicyclic amines) is 1. The molecule has 1 N–H and O–H groups in total. The molecule has 7 heteroatoms. The third-order valence-electron chi connectivity index (χ3n) is 5.74. The fourth-order valence-electron chi connectivity index (χ4n) is 3.92. The lowest BCUT2D eigenvalue weighted by molar-refractivity contribution is -0.140. The van der Waals surface area contributed by atoms with Crippen molar-refractivity contribution in [2.24, 2.45) is 0 Å². The van der Waals surface area contributed by atoms with Gasteiger partial charge in [-0.25, -0.2) is 0 Å². The van der Waals surface area contributed by atoms with Crippen LogP contribution in [0.4, 0.5) is 0 Å². The number of Topliss-reactive ketones (excluding diaryl/α,β-unsaturated/α-hetero) is 1. The number of nitrogens with zero attached hydrogens (tertiary/aromatic N) is 1. The summed E-state index contributed by atoms with van der Waals surface area (Å²) in [6.07, 6.45) is 1.93. The van der Waals surface area contributed by atoms with E-state index in [0.29, 0.717) is 35.8 Å². The second kappa shape index (κ2) is 11.7. The molecule has 1 aliphatic rings. The molecule has 0 spiro atoms. The van der Waals surface area contributed by atoms with Gasteiger partial charge in [0.1, 0.15) is 5.76 Å². The quantitative estimate of drug-likeness (QED) is 0.224. The molecule has 0 aliphatic carbocycles. The van der Waals surface area contributed by atoms with Gasteiger partial charge in [0.15, 0.2) is 11.5 Å². The number of carbonyl (C=O) groups excluding carboxylic acids is 2. The summed E-state index contributed by atoms with van der Waals surface area (Å²) < 4.78 is 16.9. The van der Waals surface area contributed by atoms with Crippen LogP contribution in [0.1, 0.15) is 49.4 Å². The van der Waals surface area contributed by atoms with Crippen LogP contribution in [0, 0.1) is 6.92 Å². The molecular formula is C27H33NO6. The number of unbranched alkanes of at least 4 members (excludes halogenated alkanes) is 1. The van der Waals surface area contributed by atoms with Crippen molar-refractivity contribution in [3.8, 4) is 11.5 Å². The number of amides is 1. The van der Waals surface area contributed by atoms with Crippen molar-refractivity contribution in [3.63, 3.8) is 0 Å². The Morgan fingerprint density at radius 3 is 2.38 bits per heavy atom. The first kappa shape index (κ1) is 25.3. The second-order valence-corrected chi connectivity index (χ2v) is 8.19. The van der Waals surface area contributed by atoms with E-state index in [1.54, 1.807) is 24.3 Å². The number of aliphatic hydroxyl groups excluding tert-OH is 1. The maximum absolute atomic E-state index is 13.1. The Bertz CT molecular complexity index is 1040. The molecule has 2 aromatic carbocycles. The largest absolute Gasteiger partial charge is 0.507 e. The standard InChI is InChI=1S/C27H33NO6/c1-5-7-15-34-21-13-12-20(17-22(21)33-6-2)24-23(25(29)19-10-8-18(3)9-11-19)26(30)27(31)28(24)14-16-32-4/h8-13,17,24,29H,5-7,14-16H2,1-4H3. The highest BCUT2D eigenvalue weighted by molar-refractivity contribution is 6.46. The van der Waals surface area contributed by atoms with Crippen molar-refractivity contribution in [2.45, 2.75) is 39.7 Å². The number of carbonyl (C=O) groups is 2. The molecule has 3 rings (SSSR count). The molecule has 1 unspecified atom stereocenters. The Balaban J connectivity index is 2.11. The minimum Gasteiger partial charge on any atom is -0.507 e. The van der Waals surface area contributed by atoms with Crippen LogP contribution in [0.3, 0.4) is 0 Å². The second-order valence-electron chi connectivity index (χ2n) is 8.19. The van der Waals surface area contributed by atoms with Gasteiger partial charge in [-0.05, 0) is 38.0 Å². The van der Waals surface area contributed by atoms with Crippen LogP contribution < -0.4 is 9.47 Å². The molecule has 0 saturated carbocycles. The molecule has 0 aromatic heterocycles. The predicted octanol–water partition coefficient (Wildman–Crippen LogP) is 4.64. The topological polar surface area (TPSA) is 85.3 Å². The predicted molar refractivity (Wildman–Crippen MR) is 130 cm³/mol. The van der Waals surface area contributed by atoms with Gasteiger partial charge in [0.2, 0.25) is 0 Å². The van der Waals surface area contributed by atoms with Gasteiger partial charge in [0, 0.05) is 19.2 Å². The van der Waals surface area contributed by atoms with E-state index in [9.17, 15) is 14.7 Å². The van der Waals surface area contributed by atoms with E-state index in [1.165, 1.54) is 12.0 Å². The normalized spacial score (nSPS) is 17.3. The highest BCUT2D eigenvalue weighted by Crippen LogP contribution is 2.42. The van der Waals surface area contributed by atoms with E-state index < -0.39 is 17.7 Å². The first-order valence-corrected chi connectivity index (χ1v) is 11.7. The molecule has 1 fully saturated rings. The number of benzene rings is 2. The number of hydrogen-bond acceptors (Lipinski definition) is 6. The number of ketones is 1. The molecule has 0 radical (unpaired) electrons. The number of aryl methyl sites for hydroxylation is 1. The van der Waals surface area contributed by atoms with E-state index in [-0.39, 0.29) is 24.5 Å². The van der Waals surface area contributed by atoms with Gasteiger partial charge in [0.25, 0.3) is 11.7 Å². The Morgan fingerprint density at radius 1 is 1.00 bits per heavy atom. The SMILES string of the molecule is CCCCOc1ccc(C2C(=C(O)c3ccc(C)cc3)C(=O)C(=O)N2CCOC)cc1OCC. The zero-order chi connectivity index (χ0) is 24.7. The van der Waals surface area contributed by atoms with Crippen LogP contribution >= 0.6 is 0 Å². The zero-order valence-corrected chi connectivity index (χ0v) is 20.3. The summed E-state index contributed by atoms with van der Waals surface area (Å²) in [5.41, 5.74) is 2.20. The maximum Gasteiger partial charge on any atom is 0.295 e. The van der Waals surface area contributed by atoms with Crippen molar-refractivity contribution in [1.29, 1.82) is 0 Å². The summed E-state index contributed by atoms with van der Waals surface area (Å²) in [6.45, 7) is 7.36. The van der Waals surface area contributed by atoms with Gasteiger partial charge in [-0.2, -0.15) is 0 Å². The summed E-state index contributed by atoms with van der Waals surface area (Å²) in [6, 6.07) is 11.8. The lowest BCUT2D eigenvalue weighted by atomic mass is 9.94. The smallest absolute Gasteiger partial charge is 0.295 e. The third-order valence-corrected chi connectivity index (χ3v) is 5.74. The highest BCUT2D eigenvalue weighted by atomic mass is 16.5. The Labute approximate surface area is 200 Å². The summed E-state index contributed by atoms with van der Waals surface area (Å²) in [5, 5.41) is 11.1. The van der Waals surface area contributed by atoms with Gasteiger partial charge < -0.3 is 24.2 Å². The van der Waals surface area contributed by atoms with E-state index in [4.69, 9.17) is 14.2 Å². The van der Waals surface area contributed by atoms with E-state index in [1.807, 2.05) is 32.0 Å². The lowest BCUT2D eigenvalue weighted by Crippen LogP contribution is -2.32. The van der Waals surface area contributed by atoms with Crippen molar-refractivity contribution in [3.05, 3.63) is 64.7 Å². The van der Waals surface area contributed by atoms with Gasteiger partial charge in [-0.15, -0.1) is 0 Å². The molecule has 1 saturated heterocycles. The van der Waals surface area contributed by atoms with Crippen molar-refractivity contribution in [1.82, 2.24) is 4.90 Å². The fourth-order valence-corrected chi connectivity index (χ4v) is 3.92. The van der Waals surface area contributed by atoms with Crippen LogP contribution in [-0.4, -0.2) is 55.2 Å². The third kappa shape index (κ3) is 5.42. The molecule has 2 aromatic rings. The van der Waals surface area contributed by atoms with Crippen LogP contribution in [-0.2, 0) is 14.3 Å². The van der Waals surface area contributed by atoms with Crippen molar-refractivity contribution < 1.29 is 28.9 Å². The van der Waals surface area contributed by atoms with Gasteiger partial charge in [-0.3, -0.25) is 9.59 Å². The first-order chi connectivity index (χ1) is 16.4. The van der Waals surface area contributed by atoms with Crippen molar-refractivity contribution >= 4 is 17.4 Å². The van der Waals surface area contributed by atoms with Crippen LogP contribution in [0.15, 0.2) is 48.0 Å². The van der Waals surface area contributed by atoms with Gasteiger partial charge in [-0.1, -0.05) is 49.2 Å². The minimum atomic E-state index is -0.777. The van der Waals surface area contributed by atoms with E-state index in [2.05, 4.69) is 6.92 Å². The van der Waals surface area contributed by atoms with Gasteiger partial charge >= 0.3 is 0 Å². The minimum absolute atomic E-state index is 0.0482. The summed E-state index contributed by atoms with van der Waals surface area (Å²) >= 11 is 0. The Kier molecular flexibility index (Phi) is 8.71. The molecule has 1 heterocycles. The van der Waals surface area contributed by atoms with Crippen LogP contribution in [0.5, 0.6) is 11.5 Å². The summed E-state index contributed by atoms with van der Waals surface area (Å²) in [5.74, 6) is -0.461. The van der Waals surface area contributed by atoms with E-state index >= 15 is 0 Å². The first-order valence-electron chi connectivity index (χ1n) is 11.7. The highest BCUT2D eigenvalue weighted by Gasteiger charge is 2.46. The van der Waals surface area contributed by atoms with Crippen LogP contribution in [0.2, 0.25) is 0 Å². The summed E-state index contributed by atoms with van der Waals surface area (Å²) in [7, 11) is 1.54. The summed E-state index contributed by atoms with van der Waals surface area (Å²) in [4.78, 5) is 27.5. The molecule has 1 amide bonds. The molecule has 1 atom stereocenters. The number of methoxy groups -OCH3 is 1. The van der Waals surface area contributed by atoms with Crippen molar-refractivity contribution in [2.75, 3.05) is 33.5 Å². The molecule has 1 aliphatic heterocycles. The van der Waals surface area contributed by atoms with E-state index in [0.717, 1.165) is 18.4 Å². The zero-order valence-electron chi connectivity index (χ0n) is 20.3. The molecule has 0 bridgehead atoms. The Hall–Kier alpha value is -3.32. The fraction of sp³-hybridized carbons (Fsp3) is 0.407. The maximum atomic E-state index is 13.1. The monoisotopic (exact) mass is 467 g/mol. The number of rotatable bonds is 11.